The van der Waals surface area contributed by atoms with E-state index in [-0.39, 0.29) is 16.1 Å². The topological polar surface area (TPSA) is 89.6 Å². The van der Waals surface area contributed by atoms with E-state index in [2.05, 4.69) is 0 Å². The molecule has 88 valence electrons. The monoisotopic (exact) mass is 243 g/mol. The Hall–Kier alpha value is -1.56. The van der Waals surface area contributed by atoms with E-state index in [0.29, 0.717) is 0 Å². The predicted molar refractivity (Wildman–Crippen MR) is 60.9 cm³/mol. The van der Waals surface area contributed by atoms with Crippen molar-refractivity contribution in [1.29, 1.82) is 0 Å². The average Bonchev–Trinajstić information content (AvgIpc) is 2.43. The van der Waals surface area contributed by atoms with Crippen molar-refractivity contribution in [2.75, 3.05) is 5.73 Å². The van der Waals surface area contributed by atoms with Gasteiger partial charge in [-0.3, -0.25) is 0 Å². The molecule has 0 bridgehead atoms. The summed E-state index contributed by atoms with van der Waals surface area (Å²) in [4.78, 5) is 22.3. The Morgan fingerprint density at radius 2 is 2.00 bits per heavy atom. The van der Waals surface area contributed by atoms with Gasteiger partial charge in [-0.1, -0.05) is 0 Å². The van der Waals surface area contributed by atoms with Crippen LogP contribution < -0.4 is 5.73 Å². The minimum atomic E-state index is -1.14. The molecule has 1 rings (SSSR count). The number of nitrogens with two attached hydrogens (primary N) is 1. The smallest absolute Gasteiger partial charge is 0.348 e. The summed E-state index contributed by atoms with van der Waals surface area (Å²) in [6.45, 7) is 5.18. The highest BCUT2D eigenvalue weighted by Gasteiger charge is 2.24. The van der Waals surface area contributed by atoms with Gasteiger partial charge in [0.25, 0.3) is 0 Å². The number of hydrogen-bond donors (Lipinski definition) is 2. The maximum Gasteiger partial charge on any atom is 0.348 e. The number of esters is 1. The first-order chi connectivity index (χ1) is 7.22. The van der Waals surface area contributed by atoms with Gasteiger partial charge in [0.2, 0.25) is 0 Å². The van der Waals surface area contributed by atoms with E-state index in [1.54, 1.807) is 20.8 Å². The Bertz CT molecular complexity index is 431. The number of ether oxygens (including phenoxy) is 1. The van der Waals surface area contributed by atoms with Crippen molar-refractivity contribution in [1.82, 2.24) is 0 Å². The molecule has 3 N–H and O–H groups in total. The first-order valence-electron chi connectivity index (χ1n) is 4.56. The third kappa shape index (κ3) is 2.73. The third-order valence-corrected chi connectivity index (χ3v) is 2.63. The number of anilines is 1. The number of nitrogen functional groups attached to an aromatic ring is 1. The molecule has 1 heterocycles. The van der Waals surface area contributed by atoms with Crippen molar-refractivity contribution in [2.45, 2.75) is 26.4 Å². The van der Waals surface area contributed by atoms with Crippen molar-refractivity contribution in [3.63, 3.8) is 0 Å². The van der Waals surface area contributed by atoms with Crippen LogP contribution >= 0.6 is 11.3 Å². The summed E-state index contributed by atoms with van der Waals surface area (Å²) < 4.78 is 5.09. The molecule has 1 aromatic rings. The fourth-order valence-electron chi connectivity index (χ4n) is 1.02. The number of rotatable bonds is 2. The van der Waals surface area contributed by atoms with Gasteiger partial charge in [0, 0.05) is 5.38 Å². The van der Waals surface area contributed by atoms with Crippen LogP contribution in [0.3, 0.4) is 0 Å². The fraction of sp³-hybridized carbons (Fsp3) is 0.400. The number of aromatic carboxylic acids is 1. The summed E-state index contributed by atoms with van der Waals surface area (Å²) in [5.41, 5.74) is 5.00. The number of carboxylic acid groups (broad SMARTS) is 1. The average molecular weight is 243 g/mol. The molecule has 0 fully saturated rings. The van der Waals surface area contributed by atoms with Crippen LogP contribution in [-0.2, 0) is 4.74 Å². The molecule has 0 aromatic carbocycles. The highest BCUT2D eigenvalue weighted by molar-refractivity contribution is 7.13. The van der Waals surface area contributed by atoms with E-state index < -0.39 is 17.5 Å². The molecule has 6 heteroatoms. The maximum atomic E-state index is 11.6. The summed E-state index contributed by atoms with van der Waals surface area (Å²) in [5, 5.41) is 10.2. The van der Waals surface area contributed by atoms with Gasteiger partial charge >= 0.3 is 11.9 Å². The van der Waals surface area contributed by atoms with Gasteiger partial charge < -0.3 is 15.6 Å². The molecule has 0 saturated carbocycles. The van der Waals surface area contributed by atoms with Gasteiger partial charge in [-0.2, -0.15) is 0 Å². The number of hydrogen-bond acceptors (Lipinski definition) is 5. The van der Waals surface area contributed by atoms with Crippen molar-refractivity contribution in [3.05, 3.63) is 15.8 Å². The van der Waals surface area contributed by atoms with Gasteiger partial charge in [0.05, 0.1) is 11.3 Å². The Labute approximate surface area is 96.8 Å². The Morgan fingerprint density at radius 1 is 1.44 bits per heavy atom. The standard InChI is InChI=1S/C10H13NO4S/c1-10(2,3)15-9(14)5-4-16-7(6(5)11)8(12)13/h4H,11H2,1-3H3,(H,12,13). The number of carbonyl (C=O) groups excluding carboxylic acids is 1. The van der Waals surface area contributed by atoms with Gasteiger partial charge in [-0.25, -0.2) is 9.59 Å². The molecular weight excluding hydrogens is 230 g/mol. The lowest BCUT2D eigenvalue weighted by molar-refractivity contribution is 0.00713. The van der Waals surface area contributed by atoms with Crippen molar-refractivity contribution < 1.29 is 19.4 Å². The second kappa shape index (κ2) is 4.13. The van der Waals surface area contributed by atoms with E-state index in [0.717, 1.165) is 11.3 Å². The molecule has 0 atom stereocenters. The van der Waals surface area contributed by atoms with Crippen LogP contribution in [0.4, 0.5) is 5.69 Å². The zero-order valence-electron chi connectivity index (χ0n) is 9.23. The summed E-state index contributed by atoms with van der Waals surface area (Å²) in [6, 6.07) is 0. The molecule has 0 aliphatic rings. The van der Waals surface area contributed by atoms with Crippen molar-refractivity contribution in [2.24, 2.45) is 0 Å². The summed E-state index contributed by atoms with van der Waals surface area (Å²) in [7, 11) is 0. The van der Waals surface area contributed by atoms with E-state index in [4.69, 9.17) is 15.6 Å². The van der Waals surface area contributed by atoms with E-state index >= 15 is 0 Å². The lowest BCUT2D eigenvalue weighted by atomic mass is 10.2. The number of carboxylic acids is 1. The van der Waals surface area contributed by atoms with Gasteiger partial charge in [-0.05, 0) is 20.8 Å². The molecule has 16 heavy (non-hydrogen) atoms. The van der Waals surface area contributed by atoms with Crippen LogP contribution in [0.15, 0.2) is 5.38 Å². The lowest BCUT2D eigenvalue weighted by Crippen LogP contribution is -2.24. The minimum Gasteiger partial charge on any atom is -0.477 e. The molecule has 0 spiro atoms. The summed E-state index contributed by atoms with van der Waals surface area (Å²) in [6.07, 6.45) is 0. The molecule has 0 amide bonds. The fourth-order valence-corrected chi connectivity index (χ4v) is 1.82. The Balaban J connectivity index is 2.98. The highest BCUT2D eigenvalue weighted by Crippen LogP contribution is 2.27. The molecule has 1 aromatic heterocycles. The zero-order chi connectivity index (χ0) is 12.5. The van der Waals surface area contributed by atoms with E-state index in [1.807, 2.05) is 0 Å². The zero-order valence-corrected chi connectivity index (χ0v) is 10.1. The van der Waals surface area contributed by atoms with E-state index in [9.17, 15) is 9.59 Å². The van der Waals surface area contributed by atoms with Crippen LogP contribution in [0.2, 0.25) is 0 Å². The molecule has 0 unspecified atom stereocenters. The third-order valence-electron chi connectivity index (χ3n) is 1.64. The molecule has 0 radical (unpaired) electrons. The molecular formula is C10H13NO4S. The minimum absolute atomic E-state index is 0.0354. The van der Waals surface area contributed by atoms with Gasteiger partial charge in [0.15, 0.2) is 0 Å². The second-order valence-corrected chi connectivity index (χ2v) is 5.08. The molecule has 0 aliphatic heterocycles. The van der Waals surface area contributed by atoms with Crippen LogP contribution in [-0.4, -0.2) is 22.6 Å². The van der Waals surface area contributed by atoms with E-state index in [1.165, 1.54) is 5.38 Å². The lowest BCUT2D eigenvalue weighted by Gasteiger charge is -2.19. The van der Waals surface area contributed by atoms with Crippen LogP contribution in [0.1, 0.15) is 40.8 Å². The molecule has 0 saturated heterocycles. The largest absolute Gasteiger partial charge is 0.477 e. The Kier molecular flexibility index (Phi) is 3.23. The number of thiophene rings is 1. The first kappa shape index (κ1) is 12.5. The van der Waals surface area contributed by atoms with Crippen molar-refractivity contribution >= 4 is 29.0 Å². The van der Waals surface area contributed by atoms with Crippen LogP contribution in [0, 0.1) is 0 Å². The summed E-state index contributed by atoms with van der Waals surface area (Å²) >= 11 is 0.913. The van der Waals surface area contributed by atoms with Crippen molar-refractivity contribution in [3.8, 4) is 0 Å². The number of carbonyl (C=O) groups is 2. The highest BCUT2D eigenvalue weighted by atomic mass is 32.1. The molecule has 0 aliphatic carbocycles. The first-order valence-corrected chi connectivity index (χ1v) is 5.44. The van der Waals surface area contributed by atoms with Crippen LogP contribution in [0.5, 0.6) is 0 Å². The van der Waals surface area contributed by atoms with Gasteiger partial charge in [0.1, 0.15) is 10.5 Å². The summed E-state index contributed by atoms with van der Waals surface area (Å²) in [5.74, 6) is -1.74. The normalized spacial score (nSPS) is 11.2. The Morgan fingerprint density at radius 3 is 2.38 bits per heavy atom. The SMILES string of the molecule is CC(C)(C)OC(=O)c1csc(C(=O)O)c1N. The maximum absolute atomic E-state index is 11.6. The van der Waals surface area contributed by atoms with Gasteiger partial charge in [-0.15, -0.1) is 11.3 Å². The quantitative estimate of drug-likeness (QED) is 0.775. The predicted octanol–water partition coefficient (Wildman–Crippen LogP) is 1.98. The second-order valence-electron chi connectivity index (χ2n) is 4.20. The van der Waals surface area contributed by atoms with Crippen LogP contribution in [0.25, 0.3) is 0 Å². The molecule has 5 nitrogen and oxygen atoms in total.